The van der Waals surface area contributed by atoms with E-state index in [1.54, 1.807) is 38.1 Å². The van der Waals surface area contributed by atoms with E-state index in [-0.39, 0.29) is 5.56 Å². The van der Waals surface area contributed by atoms with Crippen molar-refractivity contribution < 1.29 is 9.18 Å². The van der Waals surface area contributed by atoms with Crippen molar-refractivity contribution in [1.29, 1.82) is 0 Å². The number of halogens is 3. The molecule has 0 bridgehead atoms. The summed E-state index contributed by atoms with van der Waals surface area (Å²) in [7, 11) is 0. The van der Waals surface area contributed by atoms with Crippen LogP contribution in [0.2, 0.25) is 0 Å². The Hall–Kier alpha value is -2.44. The standard InChI is InChI=1S/C20H18Cl2FN3O2/c1-3-25(20(28)17(21)22)12(2)18-24-16-7-5-4-6-15(16)19(27)26(18)14-10-8-13(23)9-11-14/h4-12,17H,3H2,1-2H3. The fourth-order valence-corrected chi connectivity index (χ4v) is 3.41. The molecule has 0 aliphatic heterocycles. The highest BCUT2D eigenvalue weighted by molar-refractivity contribution is 6.53. The highest BCUT2D eigenvalue weighted by atomic mass is 35.5. The highest BCUT2D eigenvalue weighted by Crippen LogP contribution is 2.24. The number of carbonyl (C=O) groups excluding carboxylic acids is 1. The molecule has 0 saturated heterocycles. The Morgan fingerprint density at radius 2 is 1.82 bits per heavy atom. The smallest absolute Gasteiger partial charge is 0.266 e. The van der Waals surface area contributed by atoms with Crippen LogP contribution < -0.4 is 5.56 Å². The number of carbonyl (C=O) groups is 1. The van der Waals surface area contributed by atoms with Crippen molar-refractivity contribution in [3.05, 3.63) is 70.5 Å². The number of alkyl halides is 2. The van der Waals surface area contributed by atoms with Gasteiger partial charge >= 0.3 is 0 Å². The SMILES string of the molecule is CCN(C(=O)C(Cl)Cl)C(C)c1nc2ccccc2c(=O)n1-c1ccc(F)cc1. The number of aromatic nitrogens is 2. The van der Waals surface area contributed by atoms with E-state index in [1.807, 2.05) is 0 Å². The molecule has 0 fully saturated rings. The zero-order valence-electron chi connectivity index (χ0n) is 15.3. The van der Waals surface area contributed by atoms with Crippen molar-refractivity contribution in [2.45, 2.75) is 24.7 Å². The van der Waals surface area contributed by atoms with Crippen LogP contribution in [0.3, 0.4) is 0 Å². The number of amides is 1. The Morgan fingerprint density at radius 1 is 1.18 bits per heavy atom. The van der Waals surface area contributed by atoms with Crippen LogP contribution >= 0.6 is 23.2 Å². The Labute approximate surface area is 171 Å². The predicted molar refractivity (Wildman–Crippen MR) is 109 cm³/mol. The van der Waals surface area contributed by atoms with Gasteiger partial charge in [0.2, 0.25) is 0 Å². The van der Waals surface area contributed by atoms with Crippen LogP contribution in [0.15, 0.2) is 53.3 Å². The fourth-order valence-electron chi connectivity index (χ4n) is 3.16. The maximum absolute atomic E-state index is 13.4. The number of para-hydroxylation sites is 1. The van der Waals surface area contributed by atoms with Crippen molar-refractivity contribution in [2.75, 3.05) is 6.54 Å². The molecule has 3 aromatic rings. The van der Waals surface area contributed by atoms with E-state index in [0.29, 0.717) is 29.0 Å². The third-order valence-electron chi connectivity index (χ3n) is 4.54. The minimum absolute atomic E-state index is 0.309. The second kappa shape index (κ2) is 8.29. The summed E-state index contributed by atoms with van der Waals surface area (Å²) in [6, 6.07) is 11.9. The summed E-state index contributed by atoms with van der Waals surface area (Å²) in [5, 5.41) is 0.421. The van der Waals surface area contributed by atoms with Gasteiger partial charge in [-0.3, -0.25) is 14.2 Å². The Kier molecular flexibility index (Phi) is 6.01. The topological polar surface area (TPSA) is 55.2 Å². The summed E-state index contributed by atoms with van der Waals surface area (Å²) in [6.07, 6.45) is 0. The number of fused-ring (bicyclic) bond motifs is 1. The summed E-state index contributed by atoms with van der Waals surface area (Å²) in [5.74, 6) is -0.566. The van der Waals surface area contributed by atoms with E-state index < -0.39 is 22.6 Å². The molecule has 1 atom stereocenters. The molecule has 1 amide bonds. The predicted octanol–water partition coefficient (Wildman–Crippen LogP) is 4.24. The maximum Gasteiger partial charge on any atom is 0.266 e. The Bertz CT molecular complexity index is 1070. The minimum Gasteiger partial charge on any atom is -0.331 e. The average molecular weight is 422 g/mol. The normalized spacial score (nSPS) is 12.4. The number of hydrogen-bond acceptors (Lipinski definition) is 3. The molecule has 0 aliphatic carbocycles. The van der Waals surface area contributed by atoms with E-state index in [1.165, 1.54) is 33.7 Å². The number of nitrogens with zero attached hydrogens (tertiary/aromatic N) is 3. The summed E-state index contributed by atoms with van der Waals surface area (Å²) < 4.78 is 14.8. The molecule has 3 rings (SSSR count). The lowest BCUT2D eigenvalue weighted by atomic mass is 10.2. The van der Waals surface area contributed by atoms with Crippen LogP contribution in [0, 0.1) is 5.82 Å². The Balaban J connectivity index is 2.28. The van der Waals surface area contributed by atoms with Crippen LogP contribution in [-0.4, -0.2) is 31.7 Å². The van der Waals surface area contributed by atoms with Crippen molar-refractivity contribution in [3.8, 4) is 5.69 Å². The van der Waals surface area contributed by atoms with Gasteiger partial charge in [0.15, 0.2) is 4.84 Å². The molecule has 8 heteroatoms. The van der Waals surface area contributed by atoms with Crippen LogP contribution in [0.25, 0.3) is 16.6 Å². The minimum atomic E-state index is -1.23. The van der Waals surface area contributed by atoms with Crippen molar-refractivity contribution in [2.24, 2.45) is 0 Å². The molecule has 0 radical (unpaired) electrons. The molecule has 1 aromatic heterocycles. The molecule has 0 saturated carbocycles. The van der Waals surface area contributed by atoms with Gasteiger partial charge in [0.05, 0.1) is 22.6 Å². The van der Waals surface area contributed by atoms with Gasteiger partial charge in [-0.25, -0.2) is 9.37 Å². The van der Waals surface area contributed by atoms with Crippen LogP contribution in [0.1, 0.15) is 25.7 Å². The molecule has 1 unspecified atom stereocenters. The van der Waals surface area contributed by atoms with E-state index in [0.717, 1.165) is 0 Å². The molecule has 146 valence electrons. The first-order valence-electron chi connectivity index (χ1n) is 8.71. The van der Waals surface area contributed by atoms with Gasteiger partial charge in [-0.15, -0.1) is 0 Å². The van der Waals surface area contributed by atoms with Gasteiger partial charge in [-0.05, 0) is 50.2 Å². The van der Waals surface area contributed by atoms with Gasteiger partial charge in [-0.2, -0.15) is 0 Å². The monoisotopic (exact) mass is 421 g/mol. The van der Waals surface area contributed by atoms with Gasteiger partial charge in [0.25, 0.3) is 11.5 Å². The van der Waals surface area contributed by atoms with Crippen molar-refractivity contribution >= 4 is 40.0 Å². The number of rotatable bonds is 5. The molecule has 1 heterocycles. The highest BCUT2D eigenvalue weighted by Gasteiger charge is 2.28. The first-order valence-corrected chi connectivity index (χ1v) is 9.58. The fraction of sp³-hybridized carbons (Fsp3) is 0.250. The van der Waals surface area contributed by atoms with E-state index >= 15 is 0 Å². The molecule has 0 spiro atoms. The first kappa shape index (κ1) is 20.3. The number of benzene rings is 2. The van der Waals surface area contributed by atoms with E-state index in [2.05, 4.69) is 4.98 Å². The lowest BCUT2D eigenvalue weighted by Gasteiger charge is -2.30. The van der Waals surface area contributed by atoms with Gasteiger partial charge in [0, 0.05) is 6.54 Å². The third-order valence-corrected chi connectivity index (χ3v) is 4.91. The van der Waals surface area contributed by atoms with E-state index in [9.17, 15) is 14.0 Å². The zero-order valence-corrected chi connectivity index (χ0v) is 16.8. The molecular weight excluding hydrogens is 404 g/mol. The van der Waals surface area contributed by atoms with Crippen LogP contribution in [0.5, 0.6) is 0 Å². The van der Waals surface area contributed by atoms with Crippen molar-refractivity contribution in [3.63, 3.8) is 0 Å². The lowest BCUT2D eigenvalue weighted by molar-refractivity contribution is -0.131. The van der Waals surface area contributed by atoms with Crippen LogP contribution in [0.4, 0.5) is 4.39 Å². The molecule has 2 aromatic carbocycles. The van der Waals surface area contributed by atoms with Gasteiger partial charge in [0.1, 0.15) is 11.6 Å². The Morgan fingerprint density at radius 3 is 2.43 bits per heavy atom. The quantitative estimate of drug-likeness (QED) is 0.578. The largest absolute Gasteiger partial charge is 0.331 e. The molecule has 5 nitrogen and oxygen atoms in total. The molecule has 28 heavy (non-hydrogen) atoms. The summed E-state index contributed by atoms with van der Waals surface area (Å²) in [4.78, 5) is 30.5. The second-order valence-corrected chi connectivity index (χ2v) is 7.30. The zero-order chi connectivity index (χ0) is 20.4. The number of hydrogen-bond donors (Lipinski definition) is 0. The van der Waals surface area contributed by atoms with Gasteiger partial charge < -0.3 is 4.90 Å². The van der Waals surface area contributed by atoms with Crippen molar-refractivity contribution in [1.82, 2.24) is 14.5 Å². The van der Waals surface area contributed by atoms with E-state index in [4.69, 9.17) is 23.2 Å². The molecule has 0 aliphatic rings. The summed E-state index contributed by atoms with van der Waals surface area (Å²) >= 11 is 11.6. The second-order valence-electron chi connectivity index (χ2n) is 6.21. The lowest BCUT2D eigenvalue weighted by Crippen LogP contribution is -2.39. The first-order chi connectivity index (χ1) is 13.3. The molecular formula is C20H18Cl2FN3O2. The summed E-state index contributed by atoms with van der Waals surface area (Å²) in [5.41, 5.74) is 0.642. The maximum atomic E-state index is 13.4. The van der Waals surface area contributed by atoms with Crippen LogP contribution in [-0.2, 0) is 4.79 Å². The van der Waals surface area contributed by atoms with Gasteiger partial charge in [-0.1, -0.05) is 35.3 Å². The average Bonchev–Trinajstić information content (AvgIpc) is 2.69. The molecule has 0 N–H and O–H groups in total. The third kappa shape index (κ3) is 3.75. The summed E-state index contributed by atoms with van der Waals surface area (Å²) in [6.45, 7) is 3.85.